The number of ether oxygens (including phenoxy) is 1. The number of amides is 1. The van der Waals surface area contributed by atoms with Gasteiger partial charge in [-0.3, -0.25) is 4.79 Å². The molecule has 0 unspecified atom stereocenters. The standard InChI is InChI=1S/C17H20N4O2/c22-16(7-3-9-18-17-19-10-4-11-20-17)21-14-8-12-23-15-6-2-1-5-13(14)15/h1-2,4-6,10-11,14H,3,7-9,12H2,(H,21,22)(H,18,19,20)/t14-/m0/s1. The van der Waals surface area contributed by atoms with Crippen LogP contribution in [0.5, 0.6) is 5.75 Å². The molecule has 0 saturated heterocycles. The number of anilines is 1. The highest BCUT2D eigenvalue weighted by molar-refractivity contribution is 5.76. The summed E-state index contributed by atoms with van der Waals surface area (Å²) in [5, 5.41) is 6.19. The van der Waals surface area contributed by atoms with Crippen LogP contribution in [0.15, 0.2) is 42.7 Å². The fourth-order valence-corrected chi connectivity index (χ4v) is 2.60. The molecule has 0 spiro atoms. The molecule has 1 amide bonds. The van der Waals surface area contributed by atoms with Crippen LogP contribution < -0.4 is 15.4 Å². The van der Waals surface area contributed by atoms with E-state index in [1.54, 1.807) is 18.5 Å². The molecule has 1 aliphatic heterocycles. The van der Waals surface area contributed by atoms with Crippen LogP contribution in [0.1, 0.15) is 30.9 Å². The molecule has 0 aliphatic carbocycles. The lowest BCUT2D eigenvalue weighted by Gasteiger charge is -2.26. The fraction of sp³-hybridized carbons (Fsp3) is 0.353. The van der Waals surface area contributed by atoms with E-state index in [2.05, 4.69) is 20.6 Å². The van der Waals surface area contributed by atoms with Gasteiger partial charge < -0.3 is 15.4 Å². The first-order valence-electron chi connectivity index (χ1n) is 7.85. The van der Waals surface area contributed by atoms with Crippen LogP contribution in [0.2, 0.25) is 0 Å². The molecular formula is C17H20N4O2. The molecule has 0 saturated carbocycles. The number of para-hydroxylation sites is 1. The SMILES string of the molecule is O=C(CCCNc1ncccn1)N[C@H]1CCOc2ccccc21. The first kappa shape index (κ1) is 15.3. The molecule has 1 atom stereocenters. The third kappa shape index (κ3) is 4.18. The van der Waals surface area contributed by atoms with E-state index in [0.717, 1.165) is 24.2 Å². The summed E-state index contributed by atoms with van der Waals surface area (Å²) in [7, 11) is 0. The smallest absolute Gasteiger partial charge is 0.222 e. The normalized spacial score (nSPS) is 16.1. The molecule has 0 fully saturated rings. The van der Waals surface area contributed by atoms with Crippen LogP contribution >= 0.6 is 0 Å². The van der Waals surface area contributed by atoms with Crippen LogP contribution in [0.4, 0.5) is 5.95 Å². The third-order valence-corrected chi connectivity index (χ3v) is 3.72. The Morgan fingerprint density at radius 3 is 2.91 bits per heavy atom. The number of carbonyl (C=O) groups is 1. The summed E-state index contributed by atoms with van der Waals surface area (Å²) in [6.07, 6.45) is 5.38. The zero-order valence-electron chi connectivity index (χ0n) is 12.9. The molecule has 1 aromatic carbocycles. The van der Waals surface area contributed by atoms with E-state index in [9.17, 15) is 4.79 Å². The molecule has 1 aliphatic rings. The number of nitrogens with one attached hydrogen (secondary N) is 2. The van der Waals surface area contributed by atoms with Crippen molar-refractivity contribution in [3.8, 4) is 5.75 Å². The van der Waals surface area contributed by atoms with Crippen molar-refractivity contribution in [2.24, 2.45) is 0 Å². The maximum Gasteiger partial charge on any atom is 0.222 e. The zero-order valence-corrected chi connectivity index (χ0v) is 12.9. The van der Waals surface area contributed by atoms with Gasteiger partial charge in [-0.05, 0) is 18.6 Å². The van der Waals surface area contributed by atoms with Crippen molar-refractivity contribution < 1.29 is 9.53 Å². The molecule has 2 aromatic rings. The average molecular weight is 312 g/mol. The summed E-state index contributed by atoms with van der Waals surface area (Å²) in [4.78, 5) is 20.3. The van der Waals surface area contributed by atoms with Gasteiger partial charge in [-0.1, -0.05) is 18.2 Å². The van der Waals surface area contributed by atoms with Crippen molar-refractivity contribution in [2.45, 2.75) is 25.3 Å². The summed E-state index contributed by atoms with van der Waals surface area (Å²) < 4.78 is 5.61. The van der Waals surface area contributed by atoms with E-state index in [1.165, 1.54) is 0 Å². The van der Waals surface area contributed by atoms with Gasteiger partial charge in [0.25, 0.3) is 0 Å². The number of hydrogen-bond donors (Lipinski definition) is 2. The average Bonchev–Trinajstić information content (AvgIpc) is 2.60. The molecule has 6 heteroatoms. The van der Waals surface area contributed by atoms with Gasteiger partial charge in [-0.25, -0.2) is 9.97 Å². The Balaban J connectivity index is 1.43. The quantitative estimate of drug-likeness (QED) is 0.801. The van der Waals surface area contributed by atoms with Gasteiger partial charge in [0.2, 0.25) is 11.9 Å². The molecule has 6 nitrogen and oxygen atoms in total. The van der Waals surface area contributed by atoms with E-state index in [4.69, 9.17) is 4.74 Å². The monoisotopic (exact) mass is 312 g/mol. The highest BCUT2D eigenvalue weighted by Crippen LogP contribution is 2.31. The number of fused-ring (bicyclic) bond motifs is 1. The van der Waals surface area contributed by atoms with Gasteiger partial charge in [0.15, 0.2) is 0 Å². The van der Waals surface area contributed by atoms with Crippen LogP contribution in [-0.4, -0.2) is 29.0 Å². The minimum Gasteiger partial charge on any atom is -0.493 e. The first-order valence-corrected chi connectivity index (χ1v) is 7.85. The second kappa shape index (κ2) is 7.58. The third-order valence-electron chi connectivity index (χ3n) is 3.72. The first-order chi connectivity index (χ1) is 11.3. The Morgan fingerprint density at radius 1 is 1.22 bits per heavy atom. The molecule has 0 bridgehead atoms. The maximum absolute atomic E-state index is 12.1. The molecule has 0 radical (unpaired) electrons. The van der Waals surface area contributed by atoms with Crippen molar-refractivity contribution in [1.82, 2.24) is 15.3 Å². The lowest BCUT2D eigenvalue weighted by atomic mass is 10.0. The minimum absolute atomic E-state index is 0.0397. The van der Waals surface area contributed by atoms with E-state index in [0.29, 0.717) is 25.5 Å². The molecule has 1 aromatic heterocycles. The minimum atomic E-state index is 0.0397. The van der Waals surface area contributed by atoms with Crippen LogP contribution in [0, 0.1) is 0 Å². The molecule has 2 heterocycles. The topological polar surface area (TPSA) is 76.1 Å². The lowest BCUT2D eigenvalue weighted by molar-refractivity contribution is -0.122. The van der Waals surface area contributed by atoms with Crippen LogP contribution in [0.25, 0.3) is 0 Å². The van der Waals surface area contributed by atoms with E-state index in [1.807, 2.05) is 24.3 Å². The Labute approximate surface area is 135 Å². The van der Waals surface area contributed by atoms with E-state index < -0.39 is 0 Å². The number of carbonyl (C=O) groups excluding carboxylic acids is 1. The van der Waals surface area contributed by atoms with E-state index >= 15 is 0 Å². The summed E-state index contributed by atoms with van der Waals surface area (Å²) >= 11 is 0. The number of rotatable bonds is 6. The van der Waals surface area contributed by atoms with Crippen molar-refractivity contribution in [2.75, 3.05) is 18.5 Å². The maximum atomic E-state index is 12.1. The number of nitrogens with zero attached hydrogens (tertiary/aromatic N) is 2. The van der Waals surface area contributed by atoms with Crippen molar-refractivity contribution in [1.29, 1.82) is 0 Å². The molecule has 3 rings (SSSR count). The van der Waals surface area contributed by atoms with Gasteiger partial charge >= 0.3 is 0 Å². The van der Waals surface area contributed by atoms with Crippen molar-refractivity contribution in [3.63, 3.8) is 0 Å². The molecule has 23 heavy (non-hydrogen) atoms. The Bertz CT molecular complexity index is 648. The van der Waals surface area contributed by atoms with Crippen molar-refractivity contribution in [3.05, 3.63) is 48.3 Å². The fourth-order valence-electron chi connectivity index (χ4n) is 2.60. The summed E-state index contributed by atoms with van der Waals surface area (Å²) in [5.74, 6) is 1.51. The Morgan fingerprint density at radius 2 is 2.04 bits per heavy atom. The van der Waals surface area contributed by atoms with Gasteiger partial charge in [0, 0.05) is 37.3 Å². The van der Waals surface area contributed by atoms with Gasteiger partial charge in [-0.15, -0.1) is 0 Å². The Hall–Kier alpha value is -2.63. The Kier molecular flexibility index (Phi) is 5.03. The summed E-state index contributed by atoms with van der Waals surface area (Å²) in [6.45, 7) is 1.30. The largest absolute Gasteiger partial charge is 0.493 e. The number of aromatic nitrogens is 2. The second-order valence-corrected chi connectivity index (χ2v) is 5.40. The van der Waals surface area contributed by atoms with Crippen LogP contribution in [0.3, 0.4) is 0 Å². The van der Waals surface area contributed by atoms with Gasteiger partial charge in [-0.2, -0.15) is 0 Å². The molecule has 120 valence electrons. The predicted octanol–water partition coefficient (Wildman–Crippen LogP) is 2.31. The molecular weight excluding hydrogens is 292 g/mol. The summed E-state index contributed by atoms with van der Waals surface area (Å²) in [5.41, 5.74) is 1.06. The zero-order chi connectivity index (χ0) is 15.9. The van der Waals surface area contributed by atoms with Gasteiger partial charge in [0.05, 0.1) is 12.6 Å². The highest BCUT2D eigenvalue weighted by Gasteiger charge is 2.22. The van der Waals surface area contributed by atoms with Gasteiger partial charge in [0.1, 0.15) is 5.75 Å². The van der Waals surface area contributed by atoms with Crippen LogP contribution in [-0.2, 0) is 4.79 Å². The highest BCUT2D eigenvalue weighted by atomic mass is 16.5. The summed E-state index contributed by atoms with van der Waals surface area (Å²) in [6, 6.07) is 9.67. The second-order valence-electron chi connectivity index (χ2n) is 5.40. The molecule has 2 N–H and O–H groups in total. The number of benzene rings is 1. The predicted molar refractivity (Wildman–Crippen MR) is 87.2 cm³/mol. The number of hydrogen-bond acceptors (Lipinski definition) is 5. The van der Waals surface area contributed by atoms with Crippen molar-refractivity contribution >= 4 is 11.9 Å². The van der Waals surface area contributed by atoms with E-state index in [-0.39, 0.29) is 11.9 Å². The lowest BCUT2D eigenvalue weighted by Crippen LogP contribution is -2.32.